The molecule has 0 radical (unpaired) electrons. The van der Waals surface area contributed by atoms with Crippen LogP contribution >= 0.6 is 0 Å². The number of aromatic hydroxyl groups is 1. The first-order chi connectivity index (χ1) is 16.0. The third kappa shape index (κ3) is 3.80. The lowest BCUT2D eigenvalue weighted by molar-refractivity contribution is -0.143. The summed E-state index contributed by atoms with van der Waals surface area (Å²) < 4.78 is 19.5. The summed E-state index contributed by atoms with van der Waals surface area (Å²) in [5, 5.41) is 20.1. The minimum Gasteiger partial charge on any atom is -0.508 e. The van der Waals surface area contributed by atoms with Crippen molar-refractivity contribution in [3.63, 3.8) is 0 Å². The summed E-state index contributed by atoms with van der Waals surface area (Å²) in [5.41, 5.74) is 4.08. The minimum atomic E-state index is -1.55. The Bertz CT molecular complexity index is 1190. The van der Waals surface area contributed by atoms with Crippen molar-refractivity contribution < 1.29 is 28.9 Å². The molecule has 1 amide bonds. The number of nitrogens with zero attached hydrogens (tertiary/aromatic N) is 1. The zero-order valence-corrected chi connectivity index (χ0v) is 17.6. The highest BCUT2D eigenvalue weighted by molar-refractivity contribution is 5.83. The molecule has 0 bridgehead atoms. The summed E-state index contributed by atoms with van der Waals surface area (Å²) in [7, 11) is 0. The van der Waals surface area contributed by atoms with Gasteiger partial charge >= 0.3 is 12.1 Å². The van der Waals surface area contributed by atoms with Gasteiger partial charge in [0.15, 0.2) is 6.04 Å². The number of halogens is 1. The Labute approximate surface area is 189 Å². The van der Waals surface area contributed by atoms with Crippen LogP contribution in [0.15, 0.2) is 66.7 Å². The van der Waals surface area contributed by atoms with Gasteiger partial charge in [0.2, 0.25) is 0 Å². The standard InChI is InChI=1S/C26H22FNO5/c27-15-9-12-23(29)21(13-15)24(25(30)31)28(16-10-11-16)26(32)33-14-22-19-7-3-1-5-17(19)18-6-2-4-8-20(18)22/h1-9,12-13,16,22,24,29H,10-11,14H2,(H,30,31). The first-order valence-corrected chi connectivity index (χ1v) is 10.8. The molecular formula is C26H22FNO5. The molecular weight excluding hydrogens is 425 g/mol. The number of fused-ring (bicyclic) bond motifs is 3. The van der Waals surface area contributed by atoms with Crippen molar-refractivity contribution >= 4 is 12.1 Å². The van der Waals surface area contributed by atoms with Gasteiger partial charge in [-0.3, -0.25) is 4.90 Å². The number of phenolic OH excluding ortho intramolecular Hbond substituents is 1. The van der Waals surface area contributed by atoms with E-state index >= 15 is 0 Å². The lowest BCUT2D eigenvalue weighted by atomic mass is 9.98. The molecule has 0 aromatic heterocycles. The number of carbonyl (C=O) groups is 2. The normalized spacial score (nSPS) is 15.4. The number of amides is 1. The molecule has 3 aromatic carbocycles. The van der Waals surface area contributed by atoms with E-state index in [9.17, 15) is 24.2 Å². The first-order valence-electron chi connectivity index (χ1n) is 10.8. The number of phenols is 1. The molecule has 1 atom stereocenters. The Morgan fingerprint density at radius 3 is 2.18 bits per heavy atom. The van der Waals surface area contributed by atoms with E-state index in [-0.39, 0.29) is 29.9 Å². The van der Waals surface area contributed by atoms with Gasteiger partial charge in [0.1, 0.15) is 18.2 Å². The van der Waals surface area contributed by atoms with E-state index in [0.717, 1.165) is 45.4 Å². The zero-order chi connectivity index (χ0) is 23.1. The number of hydrogen-bond acceptors (Lipinski definition) is 4. The summed E-state index contributed by atoms with van der Waals surface area (Å²) in [6, 6.07) is 17.0. The summed E-state index contributed by atoms with van der Waals surface area (Å²) >= 11 is 0. The lowest BCUT2D eigenvalue weighted by Crippen LogP contribution is -2.41. The van der Waals surface area contributed by atoms with E-state index in [1.165, 1.54) is 0 Å². The largest absolute Gasteiger partial charge is 0.508 e. The molecule has 6 nitrogen and oxygen atoms in total. The molecule has 3 aromatic rings. The molecule has 2 N–H and O–H groups in total. The molecule has 0 saturated heterocycles. The summed E-state index contributed by atoms with van der Waals surface area (Å²) in [6.45, 7) is 0.0392. The number of rotatable bonds is 6. The fourth-order valence-corrected chi connectivity index (χ4v) is 4.63. The van der Waals surface area contributed by atoms with Gasteiger partial charge in [0.05, 0.1) is 0 Å². The third-order valence-corrected chi connectivity index (χ3v) is 6.28. The first kappa shape index (κ1) is 21.0. The lowest BCUT2D eigenvalue weighted by Gasteiger charge is -2.29. The fraction of sp³-hybridized carbons (Fsp3) is 0.231. The van der Waals surface area contributed by atoms with Gasteiger partial charge in [-0.1, -0.05) is 48.5 Å². The van der Waals surface area contributed by atoms with Gasteiger partial charge < -0.3 is 14.9 Å². The number of benzene rings is 3. The quantitative estimate of drug-likeness (QED) is 0.551. The SMILES string of the molecule is O=C(O)C(c1cc(F)ccc1O)N(C(=O)OCC1c2ccccc2-c2ccccc21)C1CC1. The average molecular weight is 447 g/mol. The van der Waals surface area contributed by atoms with Crippen LogP contribution in [0.4, 0.5) is 9.18 Å². The number of aliphatic carboxylic acids is 1. The van der Waals surface area contributed by atoms with Crippen molar-refractivity contribution in [3.8, 4) is 16.9 Å². The monoisotopic (exact) mass is 447 g/mol. The van der Waals surface area contributed by atoms with Crippen molar-refractivity contribution in [2.45, 2.75) is 30.8 Å². The zero-order valence-electron chi connectivity index (χ0n) is 17.6. The predicted molar refractivity (Wildman–Crippen MR) is 118 cm³/mol. The molecule has 7 heteroatoms. The highest BCUT2D eigenvalue weighted by atomic mass is 19.1. The second-order valence-corrected chi connectivity index (χ2v) is 8.39. The number of carboxylic acid groups (broad SMARTS) is 1. The Balaban J connectivity index is 1.42. The molecule has 0 aliphatic heterocycles. The maximum absolute atomic E-state index is 13.8. The third-order valence-electron chi connectivity index (χ3n) is 6.28. The van der Waals surface area contributed by atoms with Gasteiger partial charge in [-0.2, -0.15) is 0 Å². The van der Waals surface area contributed by atoms with Crippen LogP contribution in [0.1, 0.15) is 41.5 Å². The van der Waals surface area contributed by atoms with Crippen molar-refractivity contribution in [1.82, 2.24) is 4.90 Å². The number of ether oxygens (including phenoxy) is 1. The molecule has 1 saturated carbocycles. The Hall–Kier alpha value is -3.87. The average Bonchev–Trinajstić information content (AvgIpc) is 3.59. The van der Waals surface area contributed by atoms with E-state index in [4.69, 9.17) is 4.74 Å². The van der Waals surface area contributed by atoms with Gasteiger partial charge in [0, 0.05) is 17.5 Å². The van der Waals surface area contributed by atoms with Crippen LogP contribution < -0.4 is 0 Å². The second kappa shape index (κ2) is 8.24. The van der Waals surface area contributed by atoms with Crippen LogP contribution in [0.5, 0.6) is 5.75 Å². The molecule has 1 fully saturated rings. The van der Waals surface area contributed by atoms with Crippen LogP contribution in [0, 0.1) is 5.82 Å². The van der Waals surface area contributed by atoms with Gasteiger partial charge in [-0.15, -0.1) is 0 Å². The topological polar surface area (TPSA) is 87.1 Å². The molecule has 2 aliphatic carbocycles. The Morgan fingerprint density at radius 1 is 1.00 bits per heavy atom. The molecule has 1 unspecified atom stereocenters. The molecule has 0 spiro atoms. The smallest absolute Gasteiger partial charge is 0.411 e. The van der Waals surface area contributed by atoms with Crippen molar-refractivity contribution in [1.29, 1.82) is 0 Å². The van der Waals surface area contributed by atoms with E-state index in [1.807, 2.05) is 48.5 Å². The highest BCUT2D eigenvalue weighted by Gasteiger charge is 2.44. The maximum Gasteiger partial charge on any atom is 0.411 e. The number of hydrogen-bond donors (Lipinski definition) is 2. The van der Waals surface area contributed by atoms with Crippen LogP contribution in [0.25, 0.3) is 11.1 Å². The Morgan fingerprint density at radius 2 is 1.61 bits per heavy atom. The van der Waals surface area contributed by atoms with Crippen LogP contribution in [-0.4, -0.2) is 39.8 Å². The van der Waals surface area contributed by atoms with E-state index < -0.39 is 23.9 Å². The number of carbonyl (C=O) groups excluding carboxylic acids is 1. The fourth-order valence-electron chi connectivity index (χ4n) is 4.63. The summed E-state index contributed by atoms with van der Waals surface area (Å²) in [5.74, 6) is -2.62. The molecule has 5 rings (SSSR count). The summed E-state index contributed by atoms with van der Waals surface area (Å²) in [6.07, 6.45) is 0.434. The van der Waals surface area contributed by atoms with Crippen molar-refractivity contribution in [2.24, 2.45) is 0 Å². The van der Waals surface area contributed by atoms with Crippen molar-refractivity contribution in [3.05, 3.63) is 89.2 Å². The van der Waals surface area contributed by atoms with Gasteiger partial charge in [0.25, 0.3) is 0 Å². The highest BCUT2D eigenvalue weighted by Crippen LogP contribution is 2.45. The molecule has 168 valence electrons. The predicted octanol–water partition coefficient (Wildman–Crippen LogP) is 5.07. The second-order valence-electron chi connectivity index (χ2n) is 8.39. The van der Waals surface area contributed by atoms with Gasteiger partial charge in [-0.05, 0) is 53.3 Å². The van der Waals surface area contributed by atoms with Crippen LogP contribution in [0.3, 0.4) is 0 Å². The minimum absolute atomic E-state index is 0.0392. The molecule has 0 heterocycles. The Kier molecular flexibility index (Phi) is 5.24. The van der Waals surface area contributed by atoms with Crippen LogP contribution in [-0.2, 0) is 9.53 Å². The van der Waals surface area contributed by atoms with E-state index in [2.05, 4.69) is 0 Å². The van der Waals surface area contributed by atoms with Crippen LogP contribution in [0.2, 0.25) is 0 Å². The van der Waals surface area contributed by atoms with Gasteiger partial charge in [-0.25, -0.2) is 14.0 Å². The van der Waals surface area contributed by atoms with E-state index in [0.29, 0.717) is 12.8 Å². The summed E-state index contributed by atoms with van der Waals surface area (Å²) in [4.78, 5) is 26.4. The van der Waals surface area contributed by atoms with E-state index in [1.54, 1.807) is 0 Å². The molecule has 33 heavy (non-hydrogen) atoms. The number of carboxylic acids is 1. The van der Waals surface area contributed by atoms with Crippen molar-refractivity contribution in [2.75, 3.05) is 6.61 Å². The maximum atomic E-state index is 13.8. The molecule has 2 aliphatic rings.